The molecule has 1 unspecified atom stereocenters. The lowest BCUT2D eigenvalue weighted by molar-refractivity contribution is -0.121. The molecule has 2 rings (SSSR count). The van der Waals surface area contributed by atoms with Gasteiger partial charge in [-0.25, -0.2) is 0 Å². The first-order chi connectivity index (χ1) is 9.61. The van der Waals surface area contributed by atoms with Crippen molar-refractivity contribution in [1.82, 2.24) is 5.32 Å². The number of hydrogen-bond acceptors (Lipinski definition) is 5. The highest BCUT2D eigenvalue weighted by molar-refractivity contribution is 5.86. The minimum absolute atomic E-state index is 0.0545. The Morgan fingerprint density at radius 3 is 2.65 bits per heavy atom. The summed E-state index contributed by atoms with van der Waals surface area (Å²) in [7, 11) is 0. The molecular formula is C14H21N3O3. The third-order valence-electron chi connectivity index (χ3n) is 3.03. The molecule has 0 saturated heterocycles. The fourth-order valence-electron chi connectivity index (χ4n) is 1.93. The number of anilines is 2. The highest BCUT2D eigenvalue weighted by Gasteiger charge is 2.17. The molecule has 0 saturated carbocycles. The van der Waals surface area contributed by atoms with Crippen LogP contribution in [0.1, 0.15) is 20.3 Å². The van der Waals surface area contributed by atoms with E-state index >= 15 is 0 Å². The molecule has 20 heavy (non-hydrogen) atoms. The summed E-state index contributed by atoms with van der Waals surface area (Å²) in [5.74, 6) is 1.23. The van der Waals surface area contributed by atoms with Crippen LogP contribution in [0.3, 0.4) is 0 Å². The van der Waals surface area contributed by atoms with Gasteiger partial charge in [0.2, 0.25) is 5.91 Å². The van der Waals surface area contributed by atoms with Gasteiger partial charge in [-0.15, -0.1) is 0 Å². The number of hydrogen-bond donors (Lipinski definition) is 3. The SMILES string of the molecule is CCCNC(=O)C(C)Nc1cc2c(cc1N)OCCO2. The molecule has 6 heteroatoms. The Kier molecular flexibility index (Phi) is 4.55. The van der Waals surface area contributed by atoms with Gasteiger partial charge in [0.25, 0.3) is 0 Å². The number of benzene rings is 1. The number of nitrogen functional groups attached to an aromatic ring is 1. The molecule has 1 aromatic rings. The fourth-order valence-corrected chi connectivity index (χ4v) is 1.93. The molecule has 0 aliphatic carbocycles. The van der Waals surface area contributed by atoms with Crippen molar-refractivity contribution in [2.45, 2.75) is 26.3 Å². The molecule has 0 aromatic heterocycles. The van der Waals surface area contributed by atoms with Crippen molar-refractivity contribution in [2.24, 2.45) is 0 Å². The summed E-state index contributed by atoms with van der Waals surface area (Å²) in [5, 5.41) is 5.93. The van der Waals surface area contributed by atoms with E-state index in [2.05, 4.69) is 10.6 Å². The van der Waals surface area contributed by atoms with Crippen molar-refractivity contribution in [3.63, 3.8) is 0 Å². The summed E-state index contributed by atoms with van der Waals surface area (Å²) in [6, 6.07) is 3.12. The molecule has 0 bridgehead atoms. The second-order valence-corrected chi connectivity index (χ2v) is 4.74. The zero-order valence-electron chi connectivity index (χ0n) is 11.9. The van der Waals surface area contributed by atoms with Gasteiger partial charge in [0.1, 0.15) is 19.3 Å². The number of nitrogens with one attached hydrogen (secondary N) is 2. The van der Waals surface area contributed by atoms with E-state index < -0.39 is 0 Å². The maximum atomic E-state index is 11.8. The predicted molar refractivity (Wildman–Crippen MR) is 78.2 cm³/mol. The average molecular weight is 279 g/mol. The summed E-state index contributed by atoms with van der Waals surface area (Å²) in [6.45, 7) is 5.51. The molecule has 1 amide bonds. The van der Waals surface area contributed by atoms with Crippen molar-refractivity contribution < 1.29 is 14.3 Å². The van der Waals surface area contributed by atoms with Crippen molar-refractivity contribution in [3.05, 3.63) is 12.1 Å². The highest BCUT2D eigenvalue weighted by Crippen LogP contribution is 2.37. The van der Waals surface area contributed by atoms with Gasteiger partial charge in [-0.3, -0.25) is 4.79 Å². The maximum Gasteiger partial charge on any atom is 0.242 e. The Balaban J connectivity index is 2.07. The van der Waals surface area contributed by atoms with E-state index in [1.54, 1.807) is 19.1 Å². The van der Waals surface area contributed by atoms with Crippen LogP contribution in [0.4, 0.5) is 11.4 Å². The summed E-state index contributed by atoms with van der Waals surface area (Å²) in [5.41, 5.74) is 7.17. The predicted octanol–water partition coefficient (Wildman–Crippen LogP) is 1.37. The van der Waals surface area contributed by atoms with Crippen molar-refractivity contribution in [1.29, 1.82) is 0 Å². The minimum Gasteiger partial charge on any atom is -0.486 e. The largest absolute Gasteiger partial charge is 0.486 e. The van der Waals surface area contributed by atoms with Gasteiger partial charge in [-0.2, -0.15) is 0 Å². The molecule has 1 aromatic carbocycles. The molecule has 1 heterocycles. The Morgan fingerprint density at radius 2 is 2.00 bits per heavy atom. The first-order valence-electron chi connectivity index (χ1n) is 6.85. The molecule has 110 valence electrons. The van der Waals surface area contributed by atoms with Crippen LogP contribution in [0.2, 0.25) is 0 Å². The summed E-state index contributed by atoms with van der Waals surface area (Å²) < 4.78 is 11.0. The van der Waals surface area contributed by atoms with E-state index in [1.807, 2.05) is 6.92 Å². The van der Waals surface area contributed by atoms with Gasteiger partial charge in [0.15, 0.2) is 11.5 Å². The van der Waals surface area contributed by atoms with E-state index in [0.29, 0.717) is 42.6 Å². The van der Waals surface area contributed by atoms with Gasteiger partial charge in [-0.05, 0) is 13.3 Å². The fraction of sp³-hybridized carbons (Fsp3) is 0.500. The second-order valence-electron chi connectivity index (χ2n) is 4.74. The number of carbonyl (C=O) groups is 1. The molecule has 0 radical (unpaired) electrons. The van der Waals surface area contributed by atoms with E-state index in [4.69, 9.17) is 15.2 Å². The lowest BCUT2D eigenvalue weighted by Crippen LogP contribution is -2.38. The van der Waals surface area contributed by atoms with Crippen molar-refractivity contribution in [3.8, 4) is 11.5 Å². The van der Waals surface area contributed by atoms with Gasteiger partial charge >= 0.3 is 0 Å². The third-order valence-corrected chi connectivity index (χ3v) is 3.03. The van der Waals surface area contributed by atoms with Crippen LogP contribution in [0, 0.1) is 0 Å². The monoisotopic (exact) mass is 279 g/mol. The molecule has 0 spiro atoms. The van der Waals surface area contributed by atoms with Crippen molar-refractivity contribution in [2.75, 3.05) is 30.8 Å². The number of carbonyl (C=O) groups excluding carboxylic acids is 1. The standard InChI is InChI=1S/C14H21N3O3/c1-3-4-16-14(18)9(2)17-11-8-13-12(7-10(11)15)19-5-6-20-13/h7-9,17H,3-6,15H2,1-2H3,(H,16,18). The van der Waals surface area contributed by atoms with Gasteiger partial charge in [0, 0.05) is 18.7 Å². The molecule has 4 N–H and O–H groups in total. The highest BCUT2D eigenvalue weighted by atomic mass is 16.6. The van der Waals surface area contributed by atoms with E-state index in [0.717, 1.165) is 6.42 Å². The Morgan fingerprint density at radius 1 is 1.35 bits per heavy atom. The number of ether oxygens (including phenoxy) is 2. The molecular weight excluding hydrogens is 258 g/mol. The normalized spacial score (nSPS) is 14.5. The quantitative estimate of drug-likeness (QED) is 0.709. The number of nitrogens with two attached hydrogens (primary N) is 1. The Hall–Kier alpha value is -2.11. The maximum absolute atomic E-state index is 11.8. The van der Waals surface area contributed by atoms with E-state index in [1.165, 1.54) is 0 Å². The summed E-state index contributed by atoms with van der Waals surface area (Å²) in [4.78, 5) is 11.8. The number of fused-ring (bicyclic) bond motifs is 1. The van der Waals surface area contributed by atoms with Crippen LogP contribution < -0.4 is 25.8 Å². The molecule has 6 nitrogen and oxygen atoms in total. The van der Waals surface area contributed by atoms with Crippen LogP contribution in [-0.4, -0.2) is 31.7 Å². The topological polar surface area (TPSA) is 85.6 Å². The van der Waals surface area contributed by atoms with Crippen LogP contribution in [0.15, 0.2) is 12.1 Å². The zero-order chi connectivity index (χ0) is 14.5. The first-order valence-corrected chi connectivity index (χ1v) is 6.85. The van der Waals surface area contributed by atoms with Gasteiger partial charge < -0.3 is 25.8 Å². The molecule has 1 atom stereocenters. The van der Waals surface area contributed by atoms with Crippen LogP contribution in [0.5, 0.6) is 11.5 Å². The van der Waals surface area contributed by atoms with Crippen LogP contribution in [0.25, 0.3) is 0 Å². The number of rotatable bonds is 5. The molecule has 1 aliphatic heterocycles. The van der Waals surface area contributed by atoms with E-state index in [-0.39, 0.29) is 11.9 Å². The van der Waals surface area contributed by atoms with E-state index in [9.17, 15) is 4.79 Å². The third kappa shape index (κ3) is 3.26. The van der Waals surface area contributed by atoms with Crippen LogP contribution >= 0.6 is 0 Å². The second kappa shape index (κ2) is 6.36. The Bertz CT molecular complexity index is 491. The number of amides is 1. The van der Waals surface area contributed by atoms with Crippen molar-refractivity contribution >= 4 is 17.3 Å². The first kappa shape index (κ1) is 14.3. The summed E-state index contributed by atoms with van der Waals surface area (Å²) >= 11 is 0. The van der Waals surface area contributed by atoms with Gasteiger partial charge in [0.05, 0.1) is 11.4 Å². The van der Waals surface area contributed by atoms with Gasteiger partial charge in [-0.1, -0.05) is 6.92 Å². The van der Waals surface area contributed by atoms with Crippen LogP contribution in [-0.2, 0) is 4.79 Å². The molecule has 1 aliphatic rings. The smallest absolute Gasteiger partial charge is 0.242 e. The zero-order valence-corrected chi connectivity index (χ0v) is 11.9. The average Bonchev–Trinajstić information content (AvgIpc) is 2.45. The summed E-state index contributed by atoms with van der Waals surface area (Å²) in [6.07, 6.45) is 0.907. The Labute approximate surface area is 118 Å². The minimum atomic E-state index is -0.369. The lowest BCUT2D eigenvalue weighted by Gasteiger charge is -2.22. The molecule has 0 fully saturated rings. The lowest BCUT2D eigenvalue weighted by atomic mass is 10.2.